The van der Waals surface area contributed by atoms with Gasteiger partial charge in [0, 0.05) is 0 Å². The van der Waals surface area contributed by atoms with Crippen molar-refractivity contribution in [3.05, 3.63) is 0 Å². The second kappa shape index (κ2) is 24.1. The van der Waals surface area contributed by atoms with E-state index in [2.05, 4.69) is 0 Å². The molecule has 16 heavy (non-hydrogen) atoms. The fourth-order valence-electron chi connectivity index (χ4n) is 0. The van der Waals surface area contributed by atoms with Gasteiger partial charge >= 0.3 is 119 Å². The van der Waals surface area contributed by atoms with E-state index in [1.165, 1.54) is 0 Å². The molecule has 0 fully saturated rings. The zero-order valence-electron chi connectivity index (χ0n) is 13.3. The summed E-state index contributed by atoms with van der Waals surface area (Å²) in [7, 11) is -10.8. The molecule has 16 heteroatoms. The van der Waals surface area contributed by atoms with Crippen molar-refractivity contribution >= 4 is 84.8 Å². The predicted octanol–water partition coefficient (Wildman–Crippen LogP) is -6.12. The van der Waals surface area contributed by atoms with Crippen molar-refractivity contribution in [2.45, 2.75) is 0 Å². The average molecular weight is 446 g/mol. The van der Waals surface area contributed by atoms with E-state index in [0.717, 1.165) is 0 Å². The Balaban J connectivity index is -0.00000000314. The molecule has 0 aromatic heterocycles. The van der Waals surface area contributed by atoms with Gasteiger partial charge in [-0.15, -0.1) is 0 Å². The number of hydrogen-bond donors (Lipinski definition) is 0. The van der Waals surface area contributed by atoms with Gasteiger partial charge in [-0.3, -0.25) is 0 Å². The van der Waals surface area contributed by atoms with Crippen LogP contribution in [0.3, 0.4) is 0 Å². The summed E-state index contributed by atoms with van der Waals surface area (Å²) in [6, 6.07) is 0. The molecule has 0 aliphatic rings. The number of hydrogen-bond acceptors (Lipinski definition) is 8. The molecule has 0 aliphatic heterocycles. The second-order valence-electron chi connectivity index (χ2n) is 0.894. The Kier molecular flexibility index (Phi) is 75.4. The summed E-state index contributed by atoms with van der Waals surface area (Å²) in [5.41, 5.74) is 0. The minimum atomic E-state index is -5.39. The van der Waals surface area contributed by atoms with Gasteiger partial charge in [0.15, 0.2) is 0 Å². The van der Waals surface area contributed by atoms with Crippen LogP contribution in [-0.2, 0) is 59.5 Å². The summed E-state index contributed by atoms with van der Waals surface area (Å²) < 4.78 is 17.1. The standard InChI is InChI=1S/3Co.3Mg.2H3O4P.6H/c;;;;;;2*1-5(2,3)4;;;;;;/h;;;;;;2*(H3,1,2,3,4);;;;;;/q6*+2;;;6*-1/p-6. The van der Waals surface area contributed by atoms with E-state index in [1.54, 1.807) is 0 Å². The Morgan fingerprint density at radius 3 is 0.562 bits per heavy atom. The van der Waals surface area contributed by atoms with Gasteiger partial charge < -0.3 is 47.1 Å². The smallest absolute Gasteiger partial charge is 1.00 e. The van der Waals surface area contributed by atoms with E-state index in [4.69, 9.17) is 38.5 Å². The van der Waals surface area contributed by atoms with Gasteiger partial charge in [0.1, 0.15) is 0 Å². The quantitative estimate of drug-likeness (QED) is 0.261. The molecule has 0 atom stereocenters. The Bertz CT molecular complexity index is 159. The molecule has 0 N–H and O–H groups in total. The van der Waals surface area contributed by atoms with Crippen LogP contribution in [0, 0.1) is 0 Å². The molecule has 0 saturated carbocycles. The molecule has 0 unspecified atom stereocenters. The van der Waals surface area contributed by atoms with E-state index in [9.17, 15) is 0 Å². The zero-order chi connectivity index (χ0) is 9.00. The van der Waals surface area contributed by atoms with Crippen molar-refractivity contribution in [2.24, 2.45) is 0 Å². The van der Waals surface area contributed by atoms with Gasteiger partial charge in [0.05, 0.1) is 0 Å². The van der Waals surface area contributed by atoms with E-state index in [-0.39, 0.29) is 128 Å². The van der Waals surface area contributed by atoms with Crippen LogP contribution in [0.25, 0.3) is 0 Å². The molecule has 0 amide bonds. The molecule has 0 saturated heterocycles. The molecular formula is H6Co3Mg3O8P2. The molecule has 0 aromatic carbocycles. The second-order valence-corrected chi connectivity index (χ2v) is 2.68. The van der Waals surface area contributed by atoms with Crippen LogP contribution in [0.4, 0.5) is 0 Å². The Morgan fingerprint density at radius 1 is 0.562 bits per heavy atom. The van der Waals surface area contributed by atoms with Crippen LogP contribution in [0.1, 0.15) is 8.56 Å². The van der Waals surface area contributed by atoms with Crippen LogP contribution in [0.15, 0.2) is 0 Å². The fourth-order valence-corrected chi connectivity index (χ4v) is 0. The van der Waals surface area contributed by atoms with Crippen molar-refractivity contribution in [3.63, 3.8) is 0 Å². The van der Waals surface area contributed by atoms with E-state index in [1.807, 2.05) is 0 Å². The monoisotopic (exact) mass is 445 g/mol. The molecular weight excluding hydrogens is 440 g/mol. The first-order valence-electron chi connectivity index (χ1n) is 1.46. The van der Waals surface area contributed by atoms with Crippen molar-refractivity contribution in [3.8, 4) is 0 Å². The number of phosphoric acid groups is 2. The van der Waals surface area contributed by atoms with Gasteiger partial charge in [-0.25, -0.2) is 0 Å². The van der Waals surface area contributed by atoms with Crippen molar-refractivity contribution in [1.82, 2.24) is 0 Å². The number of rotatable bonds is 0. The van der Waals surface area contributed by atoms with Crippen LogP contribution < -0.4 is 29.4 Å². The van der Waals surface area contributed by atoms with Crippen molar-refractivity contribution < 1.29 is 97.4 Å². The Hall–Kier alpha value is 4.04. The summed E-state index contributed by atoms with van der Waals surface area (Å²) in [6.07, 6.45) is 0. The molecule has 3 radical (unpaired) electrons. The molecule has 0 bridgehead atoms. The molecule has 0 heterocycles. The third kappa shape index (κ3) is 321. The minimum Gasteiger partial charge on any atom is -1.00 e. The summed E-state index contributed by atoms with van der Waals surface area (Å²) in [5.74, 6) is 0. The Morgan fingerprint density at radius 2 is 0.562 bits per heavy atom. The van der Waals surface area contributed by atoms with E-state index in [0.29, 0.717) is 0 Å². The van der Waals surface area contributed by atoms with E-state index >= 15 is 0 Å². The van der Waals surface area contributed by atoms with Gasteiger partial charge in [-0.05, 0) is 0 Å². The topological polar surface area (TPSA) is 172 Å². The fraction of sp³-hybridized carbons (Fsp3) is 0. The first-order valence-corrected chi connectivity index (χ1v) is 4.38. The molecule has 0 aromatic rings. The molecule has 0 aliphatic carbocycles. The molecule has 8 nitrogen and oxygen atoms in total. The van der Waals surface area contributed by atoms with Crippen LogP contribution in [0.5, 0.6) is 0 Å². The normalized spacial score (nSPS) is 7.38. The average Bonchev–Trinajstić information content (AvgIpc) is 1.12. The van der Waals surface area contributed by atoms with Crippen molar-refractivity contribution in [1.29, 1.82) is 0 Å². The predicted molar refractivity (Wildman–Crippen MR) is 39.1 cm³/mol. The summed E-state index contributed by atoms with van der Waals surface area (Å²) in [5, 5.41) is 0. The SMILES string of the molecule is O=P([O-])([O-])[O-].O=P([O-])([O-])[O-].[Co+2].[Co+2].[Co+2].[H-].[H-].[H-].[H-].[H-].[H-].[Mg+2].[Mg+2].[Mg+2]. The zero-order valence-corrected chi connectivity index (χ0v) is 16.4. The maximum Gasteiger partial charge on any atom is 2.00 e. The Labute approximate surface area is 180 Å². The molecule has 97 valence electrons. The largest absolute Gasteiger partial charge is 2.00 e. The first kappa shape index (κ1) is 50.1. The van der Waals surface area contributed by atoms with Gasteiger partial charge in [0.25, 0.3) is 0 Å². The third-order valence-corrected chi connectivity index (χ3v) is 0. The van der Waals surface area contributed by atoms with Gasteiger partial charge in [0.2, 0.25) is 0 Å². The first-order chi connectivity index (χ1) is 4.00. The summed E-state index contributed by atoms with van der Waals surface area (Å²) >= 11 is 0. The minimum absolute atomic E-state index is 0. The van der Waals surface area contributed by atoms with Crippen LogP contribution in [0.2, 0.25) is 0 Å². The van der Waals surface area contributed by atoms with Gasteiger partial charge in [-0.2, -0.15) is 15.6 Å². The maximum atomic E-state index is 8.55. The molecule has 0 rings (SSSR count). The maximum absolute atomic E-state index is 8.55. The third-order valence-electron chi connectivity index (χ3n) is 0. The molecule has 0 spiro atoms. The van der Waals surface area contributed by atoms with Crippen LogP contribution >= 0.6 is 15.6 Å². The van der Waals surface area contributed by atoms with E-state index < -0.39 is 15.6 Å². The summed E-state index contributed by atoms with van der Waals surface area (Å²) in [4.78, 5) is 51.3. The van der Waals surface area contributed by atoms with Crippen LogP contribution in [-0.4, -0.2) is 69.2 Å². The van der Waals surface area contributed by atoms with Gasteiger partial charge in [-0.1, -0.05) is 0 Å². The summed E-state index contributed by atoms with van der Waals surface area (Å²) in [6.45, 7) is 0. The van der Waals surface area contributed by atoms with Crippen molar-refractivity contribution in [2.75, 3.05) is 0 Å².